The van der Waals surface area contributed by atoms with Crippen LogP contribution < -0.4 is 0 Å². The van der Waals surface area contributed by atoms with Gasteiger partial charge in [0, 0.05) is 38.0 Å². The van der Waals surface area contributed by atoms with Gasteiger partial charge in [-0.05, 0) is 37.4 Å². The van der Waals surface area contributed by atoms with Gasteiger partial charge in [-0.15, -0.1) is 0 Å². The van der Waals surface area contributed by atoms with Gasteiger partial charge in [0.05, 0.1) is 12.2 Å². The number of aromatic carboxylic acids is 1. The standard InChI is InChI=1S/C19H26N2O4/c22-11-10-21-14-19(8-6-17(21)23)7-3-9-20(13-19)12-15-4-1-2-5-16(15)18(24)25/h1-2,4-5,22H,3,6-14H2,(H,24,25)/t19-/m1/s1. The fraction of sp³-hybridized carbons (Fsp3) is 0.579. The Kier molecular flexibility index (Phi) is 5.39. The summed E-state index contributed by atoms with van der Waals surface area (Å²) in [6.45, 7) is 3.54. The number of β-amino-alcohol motifs (C(OH)–C–C–N with tert-alkyl or cyclic N) is 1. The Balaban J connectivity index is 1.71. The van der Waals surface area contributed by atoms with E-state index in [0.717, 1.165) is 37.9 Å². The molecule has 1 spiro atoms. The Bertz CT molecular complexity index is 648. The summed E-state index contributed by atoms with van der Waals surface area (Å²) >= 11 is 0. The molecule has 0 aromatic heterocycles. The maximum Gasteiger partial charge on any atom is 0.336 e. The maximum atomic E-state index is 12.0. The van der Waals surface area contributed by atoms with Crippen LogP contribution in [0.3, 0.4) is 0 Å². The average molecular weight is 346 g/mol. The second kappa shape index (κ2) is 7.54. The topological polar surface area (TPSA) is 81.1 Å². The molecule has 2 saturated heterocycles. The molecule has 25 heavy (non-hydrogen) atoms. The van der Waals surface area contributed by atoms with Crippen molar-refractivity contribution in [2.75, 3.05) is 32.8 Å². The molecule has 2 heterocycles. The lowest BCUT2D eigenvalue weighted by Gasteiger charge is -2.48. The number of benzene rings is 1. The number of carbonyl (C=O) groups is 2. The van der Waals surface area contributed by atoms with Crippen LogP contribution in [0.15, 0.2) is 24.3 Å². The van der Waals surface area contributed by atoms with Gasteiger partial charge in [-0.1, -0.05) is 18.2 Å². The number of amides is 1. The molecule has 2 aliphatic heterocycles. The lowest BCUT2D eigenvalue weighted by molar-refractivity contribution is -0.140. The second-order valence-corrected chi connectivity index (χ2v) is 7.32. The van der Waals surface area contributed by atoms with E-state index in [2.05, 4.69) is 4.90 Å². The summed E-state index contributed by atoms with van der Waals surface area (Å²) in [5.74, 6) is -0.757. The fourth-order valence-electron chi connectivity index (χ4n) is 4.31. The lowest BCUT2D eigenvalue weighted by atomic mass is 9.73. The van der Waals surface area contributed by atoms with Gasteiger partial charge in [0.15, 0.2) is 0 Å². The largest absolute Gasteiger partial charge is 0.478 e. The summed E-state index contributed by atoms with van der Waals surface area (Å²) < 4.78 is 0. The maximum absolute atomic E-state index is 12.0. The summed E-state index contributed by atoms with van der Waals surface area (Å²) in [5.41, 5.74) is 1.27. The summed E-state index contributed by atoms with van der Waals surface area (Å²) in [6, 6.07) is 7.17. The van der Waals surface area contributed by atoms with Crippen molar-refractivity contribution in [2.24, 2.45) is 5.41 Å². The third kappa shape index (κ3) is 4.02. The summed E-state index contributed by atoms with van der Waals surface area (Å²) in [6.07, 6.45) is 3.56. The Morgan fingerprint density at radius 2 is 2.00 bits per heavy atom. The molecule has 136 valence electrons. The molecule has 1 atom stereocenters. The van der Waals surface area contributed by atoms with Crippen LogP contribution in [0, 0.1) is 5.41 Å². The number of hydrogen-bond donors (Lipinski definition) is 2. The van der Waals surface area contributed by atoms with Crippen LogP contribution in [0.25, 0.3) is 0 Å². The first-order valence-corrected chi connectivity index (χ1v) is 8.95. The van der Waals surface area contributed by atoms with E-state index < -0.39 is 5.97 Å². The van der Waals surface area contributed by atoms with Crippen molar-refractivity contribution < 1.29 is 19.8 Å². The van der Waals surface area contributed by atoms with Crippen LogP contribution >= 0.6 is 0 Å². The molecule has 2 aliphatic rings. The van der Waals surface area contributed by atoms with Gasteiger partial charge in [0.25, 0.3) is 0 Å². The molecule has 3 rings (SSSR count). The van der Waals surface area contributed by atoms with E-state index in [1.807, 2.05) is 12.1 Å². The van der Waals surface area contributed by atoms with E-state index in [0.29, 0.717) is 31.6 Å². The lowest BCUT2D eigenvalue weighted by Crippen LogP contribution is -2.54. The zero-order valence-electron chi connectivity index (χ0n) is 14.5. The van der Waals surface area contributed by atoms with Gasteiger partial charge in [0.1, 0.15) is 0 Å². The molecule has 1 aromatic carbocycles. The van der Waals surface area contributed by atoms with Crippen LogP contribution in [0.4, 0.5) is 0 Å². The SMILES string of the molecule is O=C(O)c1ccccc1CN1CCC[C@@]2(CCC(=O)N(CCO)C2)C1. The van der Waals surface area contributed by atoms with Gasteiger partial charge >= 0.3 is 5.97 Å². The first-order chi connectivity index (χ1) is 12.0. The van der Waals surface area contributed by atoms with Crippen molar-refractivity contribution in [2.45, 2.75) is 32.2 Å². The summed E-state index contributed by atoms with van der Waals surface area (Å²) in [5, 5.41) is 18.6. The number of carboxylic acid groups (broad SMARTS) is 1. The third-order valence-corrected chi connectivity index (χ3v) is 5.50. The minimum absolute atomic E-state index is 0.00246. The molecule has 1 aromatic rings. The number of nitrogens with zero attached hydrogens (tertiary/aromatic N) is 2. The number of carboxylic acids is 1. The molecule has 2 N–H and O–H groups in total. The molecule has 2 fully saturated rings. The van der Waals surface area contributed by atoms with Crippen LogP contribution in [-0.4, -0.2) is 64.7 Å². The Morgan fingerprint density at radius 3 is 2.76 bits per heavy atom. The predicted octanol–water partition coefficient (Wildman–Crippen LogP) is 1.58. The first kappa shape index (κ1) is 17.9. The highest BCUT2D eigenvalue weighted by Gasteiger charge is 2.41. The Morgan fingerprint density at radius 1 is 1.20 bits per heavy atom. The minimum atomic E-state index is -0.889. The molecular formula is C19H26N2O4. The molecule has 1 amide bonds. The van der Waals surface area contributed by atoms with Gasteiger partial charge in [0.2, 0.25) is 5.91 Å². The number of hydrogen-bond acceptors (Lipinski definition) is 4. The predicted molar refractivity (Wildman–Crippen MR) is 93.2 cm³/mol. The average Bonchev–Trinajstić information content (AvgIpc) is 2.59. The molecule has 0 unspecified atom stereocenters. The molecule has 6 heteroatoms. The zero-order valence-corrected chi connectivity index (χ0v) is 14.5. The van der Waals surface area contributed by atoms with E-state index in [9.17, 15) is 19.8 Å². The fourth-order valence-corrected chi connectivity index (χ4v) is 4.31. The van der Waals surface area contributed by atoms with Gasteiger partial charge in [-0.25, -0.2) is 4.79 Å². The van der Waals surface area contributed by atoms with Crippen LogP contribution in [0.1, 0.15) is 41.6 Å². The number of aliphatic hydroxyl groups is 1. The van der Waals surface area contributed by atoms with Crippen LogP contribution in [0.5, 0.6) is 0 Å². The summed E-state index contributed by atoms with van der Waals surface area (Å²) in [4.78, 5) is 27.6. The van der Waals surface area contributed by atoms with Crippen molar-refractivity contribution in [1.29, 1.82) is 0 Å². The molecule has 6 nitrogen and oxygen atoms in total. The quantitative estimate of drug-likeness (QED) is 0.846. The number of aliphatic hydroxyl groups excluding tert-OH is 1. The zero-order chi connectivity index (χ0) is 17.9. The normalized spacial score (nSPS) is 24.7. The van der Waals surface area contributed by atoms with E-state index in [1.54, 1.807) is 17.0 Å². The molecular weight excluding hydrogens is 320 g/mol. The number of carbonyl (C=O) groups excluding carboxylic acids is 1. The highest BCUT2D eigenvalue weighted by atomic mass is 16.4. The molecule has 0 radical (unpaired) electrons. The van der Waals surface area contributed by atoms with Crippen LogP contribution in [-0.2, 0) is 11.3 Å². The Hall–Kier alpha value is -1.92. The van der Waals surface area contributed by atoms with Crippen molar-refractivity contribution >= 4 is 11.9 Å². The van der Waals surface area contributed by atoms with Crippen molar-refractivity contribution in [3.05, 3.63) is 35.4 Å². The highest BCUT2D eigenvalue weighted by molar-refractivity contribution is 5.89. The monoisotopic (exact) mass is 346 g/mol. The van der Waals surface area contributed by atoms with Crippen molar-refractivity contribution in [3.8, 4) is 0 Å². The first-order valence-electron chi connectivity index (χ1n) is 8.95. The molecule has 0 aliphatic carbocycles. The van der Waals surface area contributed by atoms with Gasteiger partial charge < -0.3 is 15.1 Å². The van der Waals surface area contributed by atoms with Gasteiger partial charge in [-0.2, -0.15) is 0 Å². The second-order valence-electron chi connectivity index (χ2n) is 7.32. The highest BCUT2D eigenvalue weighted by Crippen LogP contribution is 2.39. The smallest absolute Gasteiger partial charge is 0.336 e. The molecule has 0 bridgehead atoms. The van der Waals surface area contributed by atoms with E-state index >= 15 is 0 Å². The third-order valence-electron chi connectivity index (χ3n) is 5.50. The number of likely N-dealkylation sites (tertiary alicyclic amines) is 2. The minimum Gasteiger partial charge on any atom is -0.478 e. The van der Waals surface area contributed by atoms with Crippen molar-refractivity contribution in [1.82, 2.24) is 9.80 Å². The van der Waals surface area contributed by atoms with Crippen molar-refractivity contribution in [3.63, 3.8) is 0 Å². The number of rotatable bonds is 5. The molecule has 0 saturated carbocycles. The Labute approximate surface area is 148 Å². The number of piperidine rings is 2. The van der Waals surface area contributed by atoms with E-state index in [1.165, 1.54) is 0 Å². The van der Waals surface area contributed by atoms with Gasteiger partial charge in [-0.3, -0.25) is 9.69 Å². The van der Waals surface area contributed by atoms with Crippen LogP contribution in [0.2, 0.25) is 0 Å². The van der Waals surface area contributed by atoms with E-state index in [4.69, 9.17) is 0 Å². The summed E-state index contributed by atoms with van der Waals surface area (Å²) in [7, 11) is 0. The van der Waals surface area contributed by atoms with E-state index in [-0.39, 0.29) is 17.9 Å².